The van der Waals surface area contributed by atoms with Gasteiger partial charge in [0.1, 0.15) is 12.4 Å². The number of aryl methyl sites for hydroxylation is 1. The van der Waals surface area contributed by atoms with Crippen molar-refractivity contribution >= 4 is 29.3 Å². The van der Waals surface area contributed by atoms with Gasteiger partial charge >= 0.3 is 0 Å². The zero-order chi connectivity index (χ0) is 21.8. The number of fused-ring (bicyclic) bond motifs is 1. The average Bonchev–Trinajstić information content (AvgIpc) is 2.74. The van der Waals surface area contributed by atoms with E-state index in [-0.39, 0.29) is 24.3 Å². The van der Waals surface area contributed by atoms with E-state index in [0.29, 0.717) is 28.8 Å². The lowest BCUT2D eigenvalue weighted by atomic mass is 9.94. The largest absolute Gasteiger partial charge is 0.492 e. The molecule has 0 saturated carbocycles. The Morgan fingerprint density at radius 2 is 2.00 bits per heavy atom. The number of carbonyl (C=O) groups is 2. The molecule has 0 aliphatic carbocycles. The van der Waals surface area contributed by atoms with Crippen LogP contribution in [0.1, 0.15) is 27.0 Å². The molecule has 0 radical (unpaired) electrons. The summed E-state index contributed by atoms with van der Waals surface area (Å²) in [5.74, 6) is -0.00805. The molecule has 1 aliphatic rings. The zero-order valence-electron chi connectivity index (χ0n) is 17.4. The predicted molar refractivity (Wildman–Crippen MR) is 118 cm³/mol. The third-order valence-corrected chi connectivity index (χ3v) is 5.08. The first-order chi connectivity index (χ1) is 14.3. The van der Waals surface area contributed by atoms with Crippen LogP contribution in [0.4, 0.5) is 5.69 Å². The number of rotatable bonds is 5. The maximum absolute atomic E-state index is 13.0. The van der Waals surface area contributed by atoms with Gasteiger partial charge < -0.3 is 26.1 Å². The van der Waals surface area contributed by atoms with E-state index in [9.17, 15) is 9.59 Å². The number of ether oxygens (including phenoxy) is 1. The van der Waals surface area contributed by atoms with E-state index in [2.05, 4.69) is 5.32 Å². The van der Waals surface area contributed by atoms with E-state index in [1.165, 1.54) is 11.1 Å². The van der Waals surface area contributed by atoms with Gasteiger partial charge in [-0.3, -0.25) is 9.59 Å². The summed E-state index contributed by atoms with van der Waals surface area (Å²) in [4.78, 5) is 27.1. The Morgan fingerprint density at radius 3 is 2.67 bits per heavy atom. The summed E-state index contributed by atoms with van der Waals surface area (Å²) in [5, 5.41) is 10.4. The molecule has 0 saturated heterocycles. The molecule has 1 aliphatic heterocycles. The molecule has 3 rings (SSSR count). The Morgan fingerprint density at radius 1 is 1.23 bits per heavy atom. The van der Waals surface area contributed by atoms with Crippen molar-refractivity contribution in [2.75, 3.05) is 26.0 Å². The Balaban J connectivity index is 1.87. The standard InChI is InChI=1S/C23H26N4O3/c1-14-4-7-21-16(8-14)9-17(13-30-21)22(28)26-20-6-5-15(18(11-24)12-25)10-19(20)23(29)27(2)3/h4-8,10-12,17,24H,9,13,25H2,1-3H3,(H,26,28)/b18-12+,24-11?. The molecule has 30 heavy (non-hydrogen) atoms. The summed E-state index contributed by atoms with van der Waals surface area (Å²) < 4.78 is 5.76. The molecule has 0 bridgehead atoms. The van der Waals surface area contributed by atoms with Gasteiger partial charge in [0.05, 0.1) is 17.2 Å². The molecular weight excluding hydrogens is 380 g/mol. The predicted octanol–water partition coefficient (Wildman–Crippen LogP) is 2.84. The molecular formula is C23H26N4O3. The number of nitrogens with zero attached hydrogens (tertiary/aromatic N) is 1. The minimum absolute atomic E-state index is 0.204. The summed E-state index contributed by atoms with van der Waals surface area (Å²) in [6, 6.07) is 11.0. The van der Waals surface area contributed by atoms with E-state index in [4.69, 9.17) is 15.9 Å². The molecule has 1 heterocycles. The number of anilines is 1. The van der Waals surface area contributed by atoms with Crippen LogP contribution in [0.3, 0.4) is 0 Å². The third-order valence-electron chi connectivity index (χ3n) is 5.08. The Hall–Kier alpha value is -3.61. The lowest BCUT2D eigenvalue weighted by molar-refractivity contribution is -0.121. The van der Waals surface area contributed by atoms with Crippen LogP contribution in [0.2, 0.25) is 0 Å². The van der Waals surface area contributed by atoms with Crippen LogP contribution >= 0.6 is 0 Å². The molecule has 2 amide bonds. The van der Waals surface area contributed by atoms with Gasteiger partial charge in [-0.1, -0.05) is 23.8 Å². The van der Waals surface area contributed by atoms with Gasteiger partial charge in [0.2, 0.25) is 5.91 Å². The van der Waals surface area contributed by atoms with Crippen molar-refractivity contribution in [3.8, 4) is 5.75 Å². The van der Waals surface area contributed by atoms with Crippen LogP contribution in [0, 0.1) is 18.3 Å². The molecule has 4 N–H and O–H groups in total. The third kappa shape index (κ3) is 4.35. The van der Waals surface area contributed by atoms with Crippen molar-refractivity contribution < 1.29 is 14.3 Å². The summed E-state index contributed by atoms with van der Waals surface area (Å²) in [6.07, 6.45) is 3.01. The number of nitrogens with two attached hydrogens (primary N) is 1. The molecule has 7 heteroatoms. The summed E-state index contributed by atoms with van der Waals surface area (Å²) in [7, 11) is 3.29. The number of benzene rings is 2. The van der Waals surface area contributed by atoms with Gasteiger partial charge in [0.25, 0.3) is 5.91 Å². The first-order valence-corrected chi connectivity index (χ1v) is 9.65. The fraction of sp³-hybridized carbons (Fsp3) is 0.261. The van der Waals surface area contributed by atoms with E-state index in [0.717, 1.165) is 23.1 Å². The van der Waals surface area contributed by atoms with Crippen LogP contribution in [0.15, 0.2) is 42.6 Å². The van der Waals surface area contributed by atoms with E-state index >= 15 is 0 Å². The van der Waals surface area contributed by atoms with Gasteiger partial charge in [-0.05, 0) is 42.7 Å². The Labute approximate surface area is 176 Å². The quantitative estimate of drug-likeness (QED) is 0.664. The second kappa shape index (κ2) is 8.82. The minimum Gasteiger partial charge on any atom is -0.492 e. The SMILES string of the molecule is Cc1ccc2c(c1)CC(C(=O)Nc1ccc(/C(C=N)=C/N)cc1C(=O)N(C)C)CO2. The summed E-state index contributed by atoms with van der Waals surface area (Å²) in [5.41, 5.74) is 9.55. The highest BCUT2D eigenvalue weighted by Gasteiger charge is 2.27. The first-order valence-electron chi connectivity index (χ1n) is 9.65. The molecule has 2 aromatic carbocycles. The van der Waals surface area contributed by atoms with Crippen molar-refractivity contribution in [3.05, 3.63) is 64.9 Å². The van der Waals surface area contributed by atoms with Crippen LogP contribution in [-0.2, 0) is 11.2 Å². The van der Waals surface area contributed by atoms with E-state index in [1.54, 1.807) is 32.3 Å². The van der Waals surface area contributed by atoms with Crippen molar-refractivity contribution in [2.45, 2.75) is 13.3 Å². The lowest BCUT2D eigenvalue weighted by Crippen LogP contribution is -2.33. The maximum atomic E-state index is 13.0. The van der Waals surface area contributed by atoms with Crippen molar-refractivity contribution in [1.29, 1.82) is 5.41 Å². The molecule has 2 aromatic rings. The van der Waals surface area contributed by atoms with Crippen LogP contribution in [0.5, 0.6) is 5.75 Å². The highest BCUT2D eigenvalue weighted by molar-refractivity contribution is 6.10. The number of carbonyl (C=O) groups excluding carboxylic acids is 2. The highest BCUT2D eigenvalue weighted by Crippen LogP contribution is 2.29. The van der Waals surface area contributed by atoms with Gasteiger partial charge in [-0.15, -0.1) is 0 Å². The van der Waals surface area contributed by atoms with Crippen LogP contribution in [-0.4, -0.2) is 43.6 Å². The molecule has 156 valence electrons. The van der Waals surface area contributed by atoms with Crippen LogP contribution in [0.25, 0.3) is 5.57 Å². The molecule has 1 unspecified atom stereocenters. The van der Waals surface area contributed by atoms with Gasteiger partial charge in [0, 0.05) is 32.1 Å². The number of hydrogen-bond donors (Lipinski definition) is 3. The number of allylic oxidation sites excluding steroid dienone is 1. The van der Waals surface area contributed by atoms with Gasteiger partial charge in [-0.25, -0.2) is 0 Å². The van der Waals surface area contributed by atoms with Crippen molar-refractivity contribution in [2.24, 2.45) is 11.7 Å². The number of amides is 2. The molecule has 0 spiro atoms. The number of nitrogens with one attached hydrogen (secondary N) is 2. The maximum Gasteiger partial charge on any atom is 0.255 e. The molecule has 0 aromatic heterocycles. The summed E-state index contributed by atoms with van der Waals surface area (Å²) >= 11 is 0. The van der Waals surface area contributed by atoms with Crippen molar-refractivity contribution in [3.63, 3.8) is 0 Å². The van der Waals surface area contributed by atoms with E-state index in [1.807, 2.05) is 25.1 Å². The Bertz CT molecular complexity index is 1030. The highest BCUT2D eigenvalue weighted by atomic mass is 16.5. The van der Waals surface area contributed by atoms with Crippen LogP contribution < -0.4 is 15.8 Å². The fourth-order valence-electron chi connectivity index (χ4n) is 3.40. The molecule has 1 atom stereocenters. The number of hydrogen-bond acceptors (Lipinski definition) is 5. The lowest BCUT2D eigenvalue weighted by Gasteiger charge is -2.25. The fourth-order valence-corrected chi connectivity index (χ4v) is 3.40. The van der Waals surface area contributed by atoms with Gasteiger partial charge in [-0.2, -0.15) is 0 Å². The first kappa shape index (κ1) is 21.1. The molecule has 0 fully saturated rings. The monoisotopic (exact) mass is 406 g/mol. The Kier molecular flexibility index (Phi) is 6.20. The summed E-state index contributed by atoms with van der Waals surface area (Å²) in [6.45, 7) is 2.29. The smallest absolute Gasteiger partial charge is 0.255 e. The second-order valence-electron chi connectivity index (χ2n) is 7.54. The van der Waals surface area contributed by atoms with Crippen molar-refractivity contribution in [1.82, 2.24) is 4.90 Å². The second-order valence-corrected chi connectivity index (χ2v) is 7.54. The molecule has 7 nitrogen and oxygen atoms in total. The van der Waals surface area contributed by atoms with E-state index < -0.39 is 0 Å². The van der Waals surface area contributed by atoms with Gasteiger partial charge in [0.15, 0.2) is 0 Å². The topological polar surface area (TPSA) is 109 Å². The normalized spacial score (nSPS) is 15.6. The average molecular weight is 406 g/mol. The minimum atomic E-state index is -0.359. The zero-order valence-corrected chi connectivity index (χ0v) is 17.4.